The van der Waals surface area contributed by atoms with Crippen LogP contribution in [0.2, 0.25) is 0 Å². The van der Waals surface area contributed by atoms with Gasteiger partial charge in [-0.1, -0.05) is 0 Å². The highest BCUT2D eigenvalue weighted by Gasteiger charge is 2.37. The Morgan fingerprint density at radius 3 is 2.50 bits per heavy atom. The third-order valence-corrected chi connectivity index (χ3v) is 2.93. The van der Waals surface area contributed by atoms with Gasteiger partial charge in [0.2, 0.25) is 0 Å². The van der Waals surface area contributed by atoms with Crippen molar-refractivity contribution in [2.45, 2.75) is 45.0 Å². The van der Waals surface area contributed by atoms with Gasteiger partial charge >= 0.3 is 6.16 Å². The number of carbonyl (C=O) groups excluding carboxylic acids is 1. The second-order valence-corrected chi connectivity index (χ2v) is 7.27. The Kier molecular flexibility index (Phi) is 5.33. The van der Waals surface area contributed by atoms with Crippen LogP contribution in [0.5, 0.6) is 0 Å². The molecule has 2 atom stereocenters. The topological polar surface area (TPSA) is 82.1 Å². The standard InChI is InChI=1S/C11H20FNO6S/c1-11(2,3)18-10(14)19-13-6-8(12)5-9(13)7-17-20(4,15)16/h8-9H,5-7H2,1-4H3/t8-,9+/m0/s1. The molecule has 0 aromatic carbocycles. The van der Waals surface area contributed by atoms with E-state index in [9.17, 15) is 17.6 Å². The molecule has 0 aromatic rings. The minimum absolute atomic E-state index is 0.0261. The second-order valence-electron chi connectivity index (χ2n) is 5.63. The van der Waals surface area contributed by atoms with Gasteiger partial charge < -0.3 is 9.57 Å². The predicted molar refractivity (Wildman–Crippen MR) is 68.1 cm³/mol. The maximum atomic E-state index is 13.4. The molecule has 9 heteroatoms. The van der Waals surface area contributed by atoms with Gasteiger partial charge in [-0.2, -0.15) is 8.42 Å². The number of hydrogen-bond acceptors (Lipinski definition) is 7. The molecule has 0 aliphatic carbocycles. The molecule has 1 fully saturated rings. The molecular formula is C11H20FNO6S. The van der Waals surface area contributed by atoms with Crippen LogP contribution >= 0.6 is 0 Å². The summed E-state index contributed by atoms with van der Waals surface area (Å²) in [4.78, 5) is 16.4. The Morgan fingerprint density at radius 1 is 1.40 bits per heavy atom. The highest BCUT2D eigenvalue weighted by Crippen LogP contribution is 2.22. The Hall–Kier alpha value is -0.930. The van der Waals surface area contributed by atoms with Gasteiger partial charge in [0.1, 0.15) is 11.8 Å². The molecule has 0 amide bonds. The van der Waals surface area contributed by atoms with Crippen LogP contribution in [0.4, 0.5) is 9.18 Å². The van der Waals surface area contributed by atoms with Crippen molar-refractivity contribution in [2.24, 2.45) is 0 Å². The Balaban J connectivity index is 2.55. The van der Waals surface area contributed by atoms with Crippen molar-refractivity contribution in [3.05, 3.63) is 0 Å². The lowest BCUT2D eigenvalue weighted by molar-refractivity contribution is -0.156. The van der Waals surface area contributed by atoms with Crippen molar-refractivity contribution in [1.82, 2.24) is 5.06 Å². The van der Waals surface area contributed by atoms with E-state index in [4.69, 9.17) is 9.57 Å². The van der Waals surface area contributed by atoms with Crippen molar-refractivity contribution < 1.29 is 31.4 Å². The molecule has 0 saturated carbocycles. The van der Waals surface area contributed by atoms with Gasteiger partial charge in [0.15, 0.2) is 0 Å². The summed E-state index contributed by atoms with van der Waals surface area (Å²) in [5.41, 5.74) is -0.731. The van der Waals surface area contributed by atoms with E-state index in [1.165, 1.54) is 0 Å². The number of hydrogen-bond donors (Lipinski definition) is 0. The average Bonchev–Trinajstić information content (AvgIpc) is 2.51. The molecule has 0 unspecified atom stereocenters. The van der Waals surface area contributed by atoms with E-state index in [1.807, 2.05) is 0 Å². The van der Waals surface area contributed by atoms with Gasteiger partial charge in [0, 0.05) is 6.42 Å². The molecule has 1 aliphatic heterocycles. The summed E-state index contributed by atoms with van der Waals surface area (Å²) in [5.74, 6) is 0. The van der Waals surface area contributed by atoms with Gasteiger partial charge in [-0.3, -0.25) is 4.18 Å². The van der Waals surface area contributed by atoms with Crippen molar-refractivity contribution >= 4 is 16.3 Å². The summed E-state index contributed by atoms with van der Waals surface area (Å²) in [6.45, 7) is 4.58. The lowest BCUT2D eigenvalue weighted by Crippen LogP contribution is -2.37. The van der Waals surface area contributed by atoms with Gasteiger partial charge in [-0.25, -0.2) is 9.18 Å². The van der Waals surface area contributed by atoms with E-state index in [0.717, 1.165) is 11.3 Å². The van der Waals surface area contributed by atoms with Crippen molar-refractivity contribution in [3.63, 3.8) is 0 Å². The maximum absolute atomic E-state index is 13.4. The first-order valence-corrected chi connectivity index (χ1v) is 7.94. The third kappa shape index (κ3) is 6.49. The molecule has 118 valence electrons. The van der Waals surface area contributed by atoms with Crippen LogP contribution in [-0.2, 0) is 23.9 Å². The van der Waals surface area contributed by atoms with Crippen LogP contribution in [0, 0.1) is 0 Å². The zero-order valence-corrected chi connectivity index (χ0v) is 12.8. The Bertz CT molecular complexity index is 446. The molecule has 7 nitrogen and oxygen atoms in total. The Morgan fingerprint density at radius 2 is 2.00 bits per heavy atom. The third-order valence-electron chi connectivity index (χ3n) is 2.37. The average molecular weight is 313 g/mol. The van der Waals surface area contributed by atoms with Crippen LogP contribution in [0.25, 0.3) is 0 Å². The monoisotopic (exact) mass is 313 g/mol. The normalized spacial score (nSPS) is 24.6. The number of halogens is 1. The van der Waals surface area contributed by atoms with Gasteiger partial charge in [0.25, 0.3) is 10.1 Å². The molecular weight excluding hydrogens is 293 g/mol. The predicted octanol–water partition coefficient (Wildman–Crippen LogP) is 1.24. The lowest BCUT2D eigenvalue weighted by atomic mass is 10.2. The van der Waals surface area contributed by atoms with E-state index in [1.54, 1.807) is 20.8 Å². The molecule has 0 spiro atoms. The van der Waals surface area contributed by atoms with Crippen LogP contribution in [-0.4, -0.2) is 56.9 Å². The fourth-order valence-corrected chi connectivity index (χ4v) is 2.07. The summed E-state index contributed by atoms with van der Waals surface area (Å²) in [5, 5.41) is 1.06. The van der Waals surface area contributed by atoms with Crippen molar-refractivity contribution in [3.8, 4) is 0 Å². The number of nitrogens with zero attached hydrogens (tertiary/aromatic N) is 1. The first-order chi connectivity index (χ1) is 8.96. The van der Waals surface area contributed by atoms with Crippen LogP contribution in [0.3, 0.4) is 0 Å². The molecule has 1 aliphatic rings. The zero-order valence-electron chi connectivity index (χ0n) is 12.0. The van der Waals surface area contributed by atoms with Gasteiger partial charge in [-0.15, -0.1) is 5.06 Å². The van der Waals surface area contributed by atoms with Gasteiger partial charge in [-0.05, 0) is 20.8 Å². The molecule has 0 radical (unpaired) electrons. The zero-order chi connectivity index (χ0) is 15.6. The second kappa shape index (κ2) is 6.23. The summed E-state index contributed by atoms with van der Waals surface area (Å²) in [6.07, 6.45) is -1.26. The molecule has 1 saturated heterocycles. The molecule has 20 heavy (non-hydrogen) atoms. The minimum atomic E-state index is -3.63. The smallest absolute Gasteiger partial charge is 0.427 e. The van der Waals surface area contributed by atoms with E-state index in [-0.39, 0.29) is 19.6 Å². The summed E-state index contributed by atoms with van der Waals surface area (Å²) < 4.78 is 44.7. The number of hydroxylamine groups is 2. The quantitative estimate of drug-likeness (QED) is 0.570. The highest BCUT2D eigenvalue weighted by atomic mass is 32.2. The largest absolute Gasteiger partial charge is 0.528 e. The van der Waals surface area contributed by atoms with Gasteiger partial charge in [0.05, 0.1) is 25.4 Å². The van der Waals surface area contributed by atoms with E-state index in [2.05, 4.69) is 4.18 Å². The summed E-state index contributed by atoms with van der Waals surface area (Å²) in [6, 6.07) is -0.660. The number of carbonyl (C=O) groups is 1. The molecule has 0 aromatic heterocycles. The van der Waals surface area contributed by atoms with E-state index >= 15 is 0 Å². The number of alkyl halides is 1. The molecule has 0 N–H and O–H groups in total. The summed E-state index contributed by atoms with van der Waals surface area (Å²) in [7, 11) is -3.63. The van der Waals surface area contributed by atoms with Crippen LogP contribution in [0.15, 0.2) is 0 Å². The van der Waals surface area contributed by atoms with Crippen LogP contribution in [0.1, 0.15) is 27.2 Å². The minimum Gasteiger partial charge on any atom is -0.427 e. The maximum Gasteiger partial charge on any atom is 0.528 e. The first kappa shape index (κ1) is 17.1. The summed E-state index contributed by atoms with van der Waals surface area (Å²) >= 11 is 0. The van der Waals surface area contributed by atoms with Crippen LogP contribution < -0.4 is 0 Å². The SMILES string of the molecule is CC(C)(C)OC(=O)ON1C[C@@H](F)C[C@@H]1COS(C)(=O)=O. The number of rotatable bonds is 4. The fourth-order valence-electron chi connectivity index (χ4n) is 1.66. The Labute approximate surface area is 118 Å². The van der Waals surface area contributed by atoms with E-state index in [0.29, 0.717) is 0 Å². The van der Waals surface area contributed by atoms with Crippen molar-refractivity contribution in [2.75, 3.05) is 19.4 Å². The fraction of sp³-hybridized carbons (Fsp3) is 0.909. The lowest BCUT2D eigenvalue weighted by Gasteiger charge is -2.24. The van der Waals surface area contributed by atoms with Crippen molar-refractivity contribution in [1.29, 1.82) is 0 Å². The van der Waals surface area contributed by atoms with E-state index < -0.39 is 34.1 Å². The molecule has 1 rings (SSSR count). The highest BCUT2D eigenvalue weighted by molar-refractivity contribution is 7.85. The molecule has 1 heterocycles. The first-order valence-electron chi connectivity index (χ1n) is 6.12. The number of ether oxygens (including phenoxy) is 1. The molecule has 0 bridgehead atoms.